The minimum Gasteiger partial charge on any atom is -0.465 e. The molecule has 24 heavy (non-hydrogen) atoms. The van der Waals surface area contributed by atoms with Crippen molar-refractivity contribution in [2.45, 2.75) is 6.18 Å². The van der Waals surface area contributed by atoms with E-state index in [1.807, 2.05) is 0 Å². The van der Waals surface area contributed by atoms with Gasteiger partial charge in [-0.05, 0) is 18.2 Å². The number of methoxy groups -OCH3 is 1. The van der Waals surface area contributed by atoms with Crippen LogP contribution < -0.4 is 5.73 Å². The second-order valence-electron chi connectivity index (χ2n) is 4.81. The van der Waals surface area contributed by atoms with Gasteiger partial charge in [0.2, 0.25) is 0 Å². The van der Waals surface area contributed by atoms with E-state index in [2.05, 4.69) is 14.7 Å². The number of esters is 1. The predicted octanol–water partition coefficient (Wildman–Crippen LogP) is 3.75. The molecule has 3 aromatic heterocycles. The number of alkyl halides is 3. The van der Waals surface area contributed by atoms with Gasteiger partial charge in [-0.3, -0.25) is 4.98 Å². The molecule has 3 aromatic rings. The van der Waals surface area contributed by atoms with Gasteiger partial charge < -0.3 is 10.5 Å². The normalized spacial score (nSPS) is 11.7. The first-order chi connectivity index (χ1) is 11.3. The molecule has 9 heteroatoms. The molecule has 0 unspecified atom stereocenters. The van der Waals surface area contributed by atoms with Crippen LogP contribution in [-0.2, 0) is 10.9 Å². The Morgan fingerprint density at radius 3 is 2.54 bits per heavy atom. The second kappa shape index (κ2) is 5.75. The molecule has 0 bridgehead atoms. The summed E-state index contributed by atoms with van der Waals surface area (Å²) in [5, 5.41) is -0.286. The van der Waals surface area contributed by atoms with E-state index >= 15 is 0 Å². The number of nitrogen functional groups attached to an aromatic ring is 1. The quantitative estimate of drug-likeness (QED) is 0.710. The number of carbonyl (C=O) groups excluding carboxylic acids is 1. The minimum atomic E-state index is -4.65. The van der Waals surface area contributed by atoms with E-state index in [0.29, 0.717) is 5.56 Å². The summed E-state index contributed by atoms with van der Waals surface area (Å²) in [5.74, 6) is -0.797. The zero-order chi connectivity index (χ0) is 17.5. The van der Waals surface area contributed by atoms with Gasteiger partial charge in [-0.25, -0.2) is 9.78 Å². The van der Waals surface area contributed by atoms with E-state index in [1.165, 1.54) is 12.4 Å². The van der Waals surface area contributed by atoms with Gasteiger partial charge in [-0.2, -0.15) is 13.2 Å². The van der Waals surface area contributed by atoms with Crippen LogP contribution in [0.3, 0.4) is 0 Å². The molecule has 0 spiro atoms. The molecule has 5 nitrogen and oxygen atoms in total. The van der Waals surface area contributed by atoms with Crippen molar-refractivity contribution in [1.82, 2.24) is 9.97 Å². The highest BCUT2D eigenvalue weighted by molar-refractivity contribution is 7.21. The fourth-order valence-corrected chi connectivity index (χ4v) is 3.30. The van der Waals surface area contributed by atoms with E-state index in [9.17, 15) is 18.0 Å². The molecule has 0 radical (unpaired) electrons. The van der Waals surface area contributed by atoms with Crippen LogP contribution in [0.25, 0.3) is 21.5 Å². The summed E-state index contributed by atoms with van der Waals surface area (Å²) in [6.45, 7) is 0. The van der Waals surface area contributed by atoms with Crippen LogP contribution in [0.1, 0.15) is 15.2 Å². The molecule has 0 saturated carbocycles. The smallest absolute Gasteiger partial charge is 0.417 e. The lowest BCUT2D eigenvalue weighted by molar-refractivity contribution is -0.136. The molecule has 3 rings (SSSR count). The Morgan fingerprint density at radius 1 is 1.29 bits per heavy atom. The zero-order valence-corrected chi connectivity index (χ0v) is 13.0. The lowest BCUT2D eigenvalue weighted by Gasteiger charge is -2.11. The Labute approximate surface area is 137 Å². The number of nitrogens with two attached hydrogens (primary N) is 1. The van der Waals surface area contributed by atoms with E-state index in [4.69, 9.17) is 5.73 Å². The first kappa shape index (κ1) is 16.2. The van der Waals surface area contributed by atoms with Crippen molar-refractivity contribution >= 4 is 33.2 Å². The van der Waals surface area contributed by atoms with Crippen LogP contribution in [0.5, 0.6) is 0 Å². The number of halogens is 3. The molecule has 0 fully saturated rings. The standard InChI is InChI=1S/C15H10F3N3O2S/c1-23-14(22)12-11(19)10-8(15(16,17)18)6-9(21-13(10)24-12)7-2-4-20-5-3-7/h2-6H,19H2,1H3. The van der Waals surface area contributed by atoms with Crippen molar-refractivity contribution in [1.29, 1.82) is 0 Å². The molecular weight excluding hydrogens is 343 g/mol. The van der Waals surface area contributed by atoms with E-state index in [-0.39, 0.29) is 26.5 Å². The van der Waals surface area contributed by atoms with Gasteiger partial charge in [0.15, 0.2) is 0 Å². The predicted molar refractivity (Wildman–Crippen MR) is 83.6 cm³/mol. The summed E-state index contributed by atoms with van der Waals surface area (Å²) in [4.78, 5) is 19.7. The maximum Gasteiger partial charge on any atom is 0.417 e. The number of hydrogen-bond acceptors (Lipinski definition) is 6. The minimum absolute atomic E-state index is 0.0227. The zero-order valence-electron chi connectivity index (χ0n) is 12.2. The van der Waals surface area contributed by atoms with Gasteiger partial charge in [0.1, 0.15) is 9.71 Å². The highest BCUT2D eigenvalue weighted by Gasteiger charge is 2.36. The van der Waals surface area contributed by atoms with Gasteiger partial charge in [0.05, 0.1) is 24.1 Å². The fourth-order valence-electron chi connectivity index (χ4n) is 2.26. The Hall–Kier alpha value is -2.68. The number of anilines is 1. The van der Waals surface area contributed by atoms with Crippen molar-refractivity contribution in [2.24, 2.45) is 0 Å². The number of thiophene rings is 1. The number of ether oxygens (including phenoxy) is 1. The molecule has 0 saturated heterocycles. The third kappa shape index (κ3) is 2.67. The van der Waals surface area contributed by atoms with Crippen LogP contribution >= 0.6 is 11.3 Å². The van der Waals surface area contributed by atoms with Gasteiger partial charge in [0, 0.05) is 23.3 Å². The van der Waals surface area contributed by atoms with Crippen molar-refractivity contribution in [3.8, 4) is 11.3 Å². The van der Waals surface area contributed by atoms with Gasteiger partial charge in [-0.15, -0.1) is 11.3 Å². The Bertz CT molecular complexity index is 923. The number of aromatic nitrogens is 2. The van der Waals surface area contributed by atoms with Crippen LogP contribution in [0.4, 0.5) is 18.9 Å². The van der Waals surface area contributed by atoms with Crippen LogP contribution in [-0.4, -0.2) is 23.0 Å². The number of nitrogens with zero attached hydrogens (tertiary/aromatic N) is 2. The van der Waals surface area contributed by atoms with Crippen LogP contribution in [0.15, 0.2) is 30.6 Å². The fraction of sp³-hybridized carbons (Fsp3) is 0.133. The van der Waals surface area contributed by atoms with E-state index in [0.717, 1.165) is 24.5 Å². The number of fused-ring (bicyclic) bond motifs is 1. The van der Waals surface area contributed by atoms with Crippen molar-refractivity contribution in [3.05, 3.63) is 41.0 Å². The van der Waals surface area contributed by atoms with Gasteiger partial charge >= 0.3 is 12.1 Å². The highest BCUT2D eigenvalue weighted by atomic mass is 32.1. The molecule has 0 aliphatic carbocycles. The lowest BCUT2D eigenvalue weighted by Crippen LogP contribution is -2.08. The van der Waals surface area contributed by atoms with Crippen molar-refractivity contribution < 1.29 is 22.7 Å². The van der Waals surface area contributed by atoms with Crippen LogP contribution in [0.2, 0.25) is 0 Å². The average Bonchev–Trinajstić information content (AvgIpc) is 2.90. The third-order valence-electron chi connectivity index (χ3n) is 3.35. The molecule has 0 amide bonds. The maximum atomic E-state index is 13.5. The first-order valence-corrected chi connectivity index (χ1v) is 7.43. The maximum absolute atomic E-state index is 13.5. The number of pyridine rings is 2. The topological polar surface area (TPSA) is 78.1 Å². The molecule has 2 N–H and O–H groups in total. The third-order valence-corrected chi connectivity index (χ3v) is 4.43. The SMILES string of the molecule is COC(=O)c1sc2nc(-c3ccncc3)cc(C(F)(F)F)c2c1N. The summed E-state index contributed by atoms with van der Waals surface area (Å²) in [5.41, 5.74) is 5.14. The van der Waals surface area contributed by atoms with Crippen molar-refractivity contribution in [2.75, 3.05) is 12.8 Å². The summed E-state index contributed by atoms with van der Waals surface area (Å²) in [6.07, 6.45) is -1.74. The molecule has 0 aliphatic rings. The second-order valence-corrected chi connectivity index (χ2v) is 5.80. The Balaban J connectivity index is 2.35. The summed E-state index contributed by atoms with van der Waals surface area (Å²) >= 11 is 0.769. The van der Waals surface area contributed by atoms with E-state index < -0.39 is 17.7 Å². The summed E-state index contributed by atoms with van der Waals surface area (Å²) in [6, 6.07) is 4.01. The highest BCUT2D eigenvalue weighted by Crippen LogP contribution is 2.43. The Morgan fingerprint density at radius 2 is 1.96 bits per heavy atom. The number of hydrogen-bond donors (Lipinski definition) is 1. The molecule has 0 aromatic carbocycles. The van der Waals surface area contributed by atoms with Gasteiger partial charge in [0.25, 0.3) is 0 Å². The monoisotopic (exact) mass is 353 g/mol. The molecular formula is C15H10F3N3O2S. The average molecular weight is 353 g/mol. The molecule has 124 valence electrons. The summed E-state index contributed by atoms with van der Waals surface area (Å²) in [7, 11) is 1.13. The largest absolute Gasteiger partial charge is 0.465 e. The lowest BCUT2D eigenvalue weighted by atomic mass is 10.1. The van der Waals surface area contributed by atoms with Crippen LogP contribution in [0, 0.1) is 0 Å². The summed E-state index contributed by atoms with van der Waals surface area (Å²) < 4.78 is 45.0. The molecule has 0 aliphatic heterocycles. The Kier molecular flexibility index (Phi) is 3.88. The van der Waals surface area contributed by atoms with Gasteiger partial charge in [-0.1, -0.05) is 0 Å². The van der Waals surface area contributed by atoms with Crippen molar-refractivity contribution in [3.63, 3.8) is 0 Å². The number of rotatable bonds is 2. The van der Waals surface area contributed by atoms with E-state index in [1.54, 1.807) is 12.1 Å². The number of carbonyl (C=O) groups is 1. The molecule has 0 atom stereocenters. The first-order valence-electron chi connectivity index (χ1n) is 6.62. The molecule has 3 heterocycles.